The Hall–Kier alpha value is -2.20. The predicted octanol–water partition coefficient (Wildman–Crippen LogP) is 5.34. The molecule has 1 aliphatic rings. The molecule has 2 aromatic rings. The van der Waals surface area contributed by atoms with Gasteiger partial charge in [-0.3, -0.25) is 9.79 Å². The number of thiophene rings is 1. The number of hydrogen-bond acceptors (Lipinski definition) is 3. The van der Waals surface area contributed by atoms with Crippen LogP contribution in [0.5, 0.6) is 0 Å². The first-order valence-electron chi connectivity index (χ1n) is 9.25. The zero-order valence-electron chi connectivity index (χ0n) is 15.7. The van der Waals surface area contributed by atoms with Crippen molar-refractivity contribution in [2.75, 3.05) is 7.05 Å². The second kappa shape index (κ2) is 8.45. The summed E-state index contributed by atoms with van der Waals surface area (Å²) in [6.45, 7) is 4.18. The molecule has 3 rings (SSSR count). The average molecular weight is 367 g/mol. The van der Waals surface area contributed by atoms with Gasteiger partial charge in [-0.15, -0.1) is 11.3 Å². The van der Waals surface area contributed by atoms with Crippen LogP contribution >= 0.6 is 11.3 Å². The molecule has 1 saturated carbocycles. The number of amidine groups is 1. The SMILES string of the molecule is CCCC(=O)c1ccc(/C=C/c2csc(/C(=N\C)NC3CC3)c2C)cc1. The summed E-state index contributed by atoms with van der Waals surface area (Å²) in [5.41, 5.74) is 4.38. The lowest BCUT2D eigenvalue weighted by Crippen LogP contribution is -2.26. The third kappa shape index (κ3) is 4.50. The number of ketones is 1. The van der Waals surface area contributed by atoms with Gasteiger partial charge < -0.3 is 5.32 Å². The molecule has 0 radical (unpaired) electrons. The van der Waals surface area contributed by atoms with E-state index in [-0.39, 0.29) is 5.78 Å². The van der Waals surface area contributed by atoms with Crippen molar-refractivity contribution in [2.24, 2.45) is 4.99 Å². The van der Waals surface area contributed by atoms with Crippen LogP contribution < -0.4 is 5.32 Å². The average Bonchev–Trinajstić information content (AvgIpc) is 3.40. The maximum Gasteiger partial charge on any atom is 0.162 e. The highest BCUT2D eigenvalue weighted by molar-refractivity contribution is 7.12. The molecule has 0 saturated heterocycles. The zero-order valence-corrected chi connectivity index (χ0v) is 16.5. The van der Waals surface area contributed by atoms with Crippen LogP contribution in [0.15, 0.2) is 34.6 Å². The Morgan fingerprint density at radius 1 is 1.27 bits per heavy atom. The molecule has 0 amide bonds. The van der Waals surface area contributed by atoms with Crippen molar-refractivity contribution >= 4 is 35.1 Å². The number of rotatable bonds is 7. The monoisotopic (exact) mass is 366 g/mol. The van der Waals surface area contributed by atoms with Crippen molar-refractivity contribution in [3.05, 3.63) is 56.8 Å². The number of benzene rings is 1. The van der Waals surface area contributed by atoms with E-state index in [1.807, 2.05) is 38.2 Å². The second-order valence-electron chi connectivity index (χ2n) is 6.76. The van der Waals surface area contributed by atoms with E-state index in [4.69, 9.17) is 0 Å². The number of Topliss-reactive ketones (excluding diaryl/α,β-unsaturated/α-hetero) is 1. The Bertz CT molecular complexity index is 826. The Labute approximate surface area is 159 Å². The standard InChI is InChI=1S/C22H26N2OS/c1-4-5-20(25)17-9-6-16(7-10-17)8-11-18-14-26-21(15(18)2)22(23-3)24-19-12-13-19/h6-11,14,19H,4-5,12-13H2,1-3H3,(H,23,24)/b11-8+. The molecule has 1 fully saturated rings. The van der Waals surface area contributed by atoms with Gasteiger partial charge in [-0.05, 0) is 48.3 Å². The summed E-state index contributed by atoms with van der Waals surface area (Å²) in [6, 6.07) is 8.46. The number of hydrogen-bond donors (Lipinski definition) is 1. The minimum absolute atomic E-state index is 0.218. The molecule has 4 heteroatoms. The largest absolute Gasteiger partial charge is 0.366 e. The van der Waals surface area contributed by atoms with Gasteiger partial charge in [0.1, 0.15) is 5.84 Å². The van der Waals surface area contributed by atoms with Crippen molar-refractivity contribution in [2.45, 2.75) is 45.6 Å². The molecule has 0 atom stereocenters. The van der Waals surface area contributed by atoms with Gasteiger partial charge in [0.15, 0.2) is 5.78 Å². The molecule has 0 unspecified atom stereocenters. The molecule has 0 bridgehead atoms. The molecular formula is C22H26N2OS. The smallest absolute Gasteiger partial charge is 0.162 e. The van der Waals surface area contributed by atoms with E-state index >= 15 is 0 Å². The normalized spacial score (nSPS) is 14.8. The molecule has 1 aromatic heterocycles. The van der Waals surface area contributed by atoms with Gasteiger partial charge in [0.2, 0.25) is 0 Å². The number of carbonyl (C=O) groups excluding carboxylic acids is 1. The van der Waals surface area contributed by atoms with Crippen LogP contribution in [0, 0.1) is 6.92 Å². The van der Waals surface area contributed by atoms with Crippen molar-refractivity contribution < 1.29 is 4.79 Å². The Morgan fingerprint density at radius 3 is 2.62 bits per heavy atom. The van der Waals surface area contributed by atoms with E-state index in [1.165, 1.54) is 28.8 Å². The summed E-state index contributed by atoms with van der Waals surface area (Å²) in [6.07, 6.45) is 8.23. The van der Waals surface area contributed by atoms with Gasteiger partial charge in [-0.2, -0.15) is 0 Å². The first-order chi connectivity index (χ1) is 12.6. The predicted molar refractivity (Wildman–Crippen MR) is 112 cm³/mol. The quantitative estimate of drug-likeness (QED) is 0.408. The highest BCUT2D eigenvalue weighted by Gasteiger charge is 2.24. The van der Waals surface area contributed by atoms with E-state index in [0.717, 1.165) is 23.4 Å². The Balaban J connectivity index is 1.71. The van der Waals surface area contributed by atoms with Crippen LogP contribution in [0.2, 0.25) is 0 Å². The lowest BCUT2D eigenvalue weighted by molar-refractivity contribution is 0.0982. The minimum atomic E-state index is 0.218. The van der Waals surface area contributed by atoms with Gasteiger partial charge in [-0.25, -0.2) is 0 Å². The number of nitrogens with zero attached hydrogens (tertiary/aromatic N) is 1. The highest BCUT2D eigenvalue weighted by atomic mass is 32.1. The van der Waals surface area contributed by atoms with Gasteiger partial charge in [0.05, 0.1) is 4.88 Å². The van der Waals surface area contributed by atoms with E-state index < -0.39 is 0 Å². The van der Waals surface area contributed by atoms with E-state index in [2.05, 4.69) is 34.8 Å². The molecule has 1 N–H and O–H groups in total. The molecule has 1 aliphatic carbocycles. The Morgan fingerprint density at radius 2 is 2.00 bits per heavy atom. The fourth-order valence-corrected chi connectivity index (χ4v) is 3.87. The van der Waals surface area contributed by atoms with Crippen molar-refractivity contribution in [1.29, 1.82) is 0 Å². The number of nitrogens with one attached hydrogen (secondary N) is 1. The van der Waals surface area contributed by atoms with E-state index in [9.17, 15) is 4.79 Å². The zero-order chi connectivity index (χ0) is 18.5. The van der Waals surface area contributed by atoms with E-state index in [1.54, 1.807) is 11.3 Å². The van der Waals surface area contributed by atoms with Crippen LogP contribution in [0.1, 0.15) is 64.5 Å². The first kappa shape index (κ1) is 18.6. The van der Waals surface area contributed by atoms with Crippen LogP contribution in [-0.4, -0.2) is 24.7 Å². The van der Waals surface area contributed by atoms with Crippen molar-refractivity contribution in [1.82, 2.24) is 5.32 Å². The van der Waals surface area contributed by atoms with E-state index in [0.29, 0.717) is 12.5 Å². The van der Waals surface area contributed by atoms with Crippen LogP contribution in [0.25, 0.3) is 12.2 Å². The fourth-order valence-electron chi connectivity index (χ4n) is 2.82. The van der Waals surface area contributed by atoms with Gasteiger partial charge >= 0.3 is 0 Å². The van der Waals surface area contributed by atoms with Gasteiger partial charge in [-0.1, -0.05) is 43.3 Å². The first-order valence-corrected chi connectivity index (χ1v) is 10.1. The summed E-state index contributed by atoms with van der Waals surface area (Å²) >= 11 is 1.74. The summed E-state index contributed by atoms with van der Waals surface area (Å²) < 4.78 is 0. The molecule has 3 nitrogen and oxygen atoms in total. The maximum absolute atomic E-state index is 11.9. The maximum atomic E-state index is 11.9. The molecule has 26 heavy (non-hydrogen) atoms. The van der Waals surface area contributed by atoms with Crippen molar-refractivity contribution in [3.63, 3.8) is 0 Å². The fraction of sp³-hybridized carbons (Fsp3) is 0.364. The van der Waals surface area contributed by atoms with Gasteiger partial charge in [0, 0.05) is 25.1 Å². The summed E-state index contributed by atoms with van der Waals surface area (Å²) in [4.78, 5) is 17.6. The number of aliphatic imine (C=N–C) groups is 1. The molecule has 1 aromatic carbocycles. The second-order valence-corrected chi connectivity index (χ2v) is 7.64. The number of carbonyl (C=O) groups is 1. The van der Waals surface area contributed by atoms with Crippen LogP contribution in [0.3, 0.4) is 0 Å². The Kier molecular flexibility index (Phi) is 6.04. The van der Waals surface area contributed by atoms with Crippen molar-refractivity contribution in [3.8, 4) is 0 Å². The lowest BCUT2D eigenvalue weighted by Gasteiger charge is -2.07. The third-order valence-corrected chi connectivity index (χ3v) is 5.71. The van der Waals surface area contributed by atoms with Crippen LogP contribution in [-0.2, 0) is 0 Å². The summed E-state index contributed by atoms with van der Waals surface area (Å²) in [5.74, 6) is 1.23. The van der Waals surface area contributed by atoms with Gasteiger partial charge in [0.25, 0.3) is 0 Å². The summed E-state index contributed by atoms with van der Waals surface area (Å²) in [7, 11) is 1.85. The molecular weight excluding hydrogens is 340 g/mol. The topological polar surface area (TPSA) is 41.5 Å². The molecule has 0 spiro atoms. The highest BCUT2D eigenvalue weighted by Crippen LogP contribution is 2.26. The lowest BCUT2D eigenvalue weighted by atomic mass is 10.0. The summed E-state index contributed by atoms with van der Waals surface area (Å²) in [5, 5.41) is 5.70. The third-order valence-electron chi connectivity index (χ3n) is 4.60. The van der Waals surface area contributed by atoms with Crippen LogP contribution in [0.4, 0.5) is 0 Å². The molecule has 136 valence electrons. The minimum Gasteiger partial charge on any atom is -0.366 e. The molecule has 0 aliphatic heterocycles. The molecule has 1 heterocycles.